The first-order chi connectivity index (χ1) is 15.7. The summed E-state index contributed by atoms with van der Waals surface area (Å²) in [4.78, 5) is 15.7. The number of aromatic nitrogens is 2. The molecule has 32 heavy (non-hydrogen) atoms. The lowest BCUT2D eigenvalue weighted by Crippen LogP contribution is -2.23. The normalized spacial score (nSPS) is 18.9. The quantitative estimate of drug-likeness (QED) is 0.496. The van der Waals surface area contributed by atoms with Crippen molar-refractivity contribution in [2.24, 2.45) is 0 Å². The predicted octanol–water partition coefficient (Wildman–Crippen LogP) is 4.48. The summed E-state index contributed by atoms with van der Waals surface area (Å²) in [6.07, 6.45) is 3.03. The molecule has 0 bridgehead atoms. The molecule has 2 aliphatic rings. The first-order valence-corrected chi connectivity index (χ1v) is 10.8. The lowest BCUT2D eigenvalue weighted by Gasteiger charge is -2.12. The van der Waals surface area contributed by atoms with E-state index in [4.69, 9.17) is 4.74 Å². The Morgan fingerprint density at radius 1 is 1.06 bits per heavy atom. The fourth-order valence-electron chi connectivity index (χ4n) is 4.83. The second-order valence-corrected chi connectivity index (χ2v) is 8.37. The van der Waals surface area contributed by atoms with E-state index in [2.05, 4.69) is 22.4 Å². The van der Waals surface area contributed by atoms with E-state index in [0.717, 1.165) is 58.4 Å². The third-order valence-corrected chi connectivity index (χ3v) is 6.38. The van der Waals surface area contributed by atoms with Gasteiger partial charge in [0.1, 0.15) is 18.2 Å². The van der Waals surface area contributed by atoms with Gasteiger partial charge in [0.05, 0.1) is 17.1 Å². The van der Waals surface area contributed by atoms with E-state index in [0.29, 0.717) is 12.4 Å². The van der Waals surface area contributed by atoms with Crippen LogP contribution in [0.25, 0.3) is 22.7 Å². The van der Waals surface area contributed by atoms with Crippen LogP contribution in [0.1, 0.15) is 34.7 Å². The van der Waals surface area contributed by atoms with Gasteiger partial charge in [0.25, 0.3) is 0 Å². The Morgan fingerprint density at radius 2 is 1.97 bits per heavy atom. The van der Waals surface area contributed by atoms with Crippen molar-refractivity contribution < 1.29 is 9.13 Å². The van der Waals surface area contributed by atoms with Crippen molar-refractivity contribution in [3.63, 3.8) is 0 Å². The van der Waals surface area contributed by atoms with Gasteiger partial charge < -0.3 is 15.0 Å². The maximum absolute atomic E-state index is 13.9. The van der Waals surface area contributed by atoms with Crippen LogP contribution in [0.5, 0.6) is 5.75 Å². The molecule has 3 aromatic carbocycles. The Kier molecular flexibility index (Phi) is 4.47. The molecular weight excluding hydrogens is 405 g/mol. The molecule has 1 atom stereocenters. The summed E-state index contributed by atoms with van der Waals surface area (Å²) in [7, 11) is 0. The van der Waals surface area contributed by atoms with Crippen molar-refractivity contribution in [1.29, 1.82) is 0 Å². The second kappa shape index (κ2) is 7.50. The summed E-state index contributed by atoms with van der Waals surface area (Å²) in [5, 5.41) is 3.33. The van der Waals surface area contributed by atoms with Crippen LogP contribution in [0.2, 0.25) is 0 Å². The number of fused-ring (bicyclic) bond motifs is 3. The van der Waals surface area contributed by atoms with E-state index in [9.17, 15) is 9.18 Å². The first kappa shape index (κ1) is 19.1. The van der Waals surface area contributed by atoms with Crippen molar-refractivity contribution in [3.8, 4) is 5.75 Å². The van der Waals surface area contributed by atoms with Crippen molar-refractivity contribution >= 4 is 22.7 Å². The monoisotopic (exact) mass is 427 g/mol. The summed E-state index contributed by atoms with van der Waals surface area (Å²) < 4.78 is 21.7. The summed E-state index contributed by atoms with van der Waals surface area (Å²) in [5.41, 5.74) is 6.52. The van der Waals surface area contributed by atoms with Crippen LogP contribution < -0.4 is 15.7 Å². The Bertz CT molecular complexity index is 1430. The van der Waals surface area contributed by atoms with Gasteiger partial charge in [-0.25, -0.2) is 9.18 Å². The maximum atomic E-state index is 13.9. The molecule has 0 spiro atoms. The summed E-state index contributed by atoms with van der Waals surface area (Å²) in [6.45, 7) is 2.12. The fourth-order valence-corrected chi connectivity index (χ4v) is 4.83. The molecule has 5 nitrogen and oxygen atoms in total. The lowest BCUT2D eigenvalue weighted by molar-refractivity contribution is 0.305. The number of rotatable bonds is 2. The van der Waals surface area contributed by atoms with Crippen LogP contribution in [0.3, 0.4) is 0 Å². The Balaban J connectivity index is 1.51. The summed E-state index contributed by atoms with van der Waals surface area (Å²) in [6, 6.07) is 18.9. The SMILES string of the molecule is O=c1[nH]c2cc(/C=C3\c4ccccc4COc4cc(F)ccc43)ccc2n1[C@H]1CCNC1. The van der Waals surface area contributed by atoms with E-state index in [1.165, 1.54) is 12.1 Å². The minimum atomic E-state index is -0.323. The zero-order chi connectivity index (χ0) is 21.7. The van der Waals surface area contributed by atoms with Crippen LogP contribution in [0.4, 0.5) is 4.39 Å². The van der Waals surface area contributed by atoms with Crippen molar-refractivity contribution in [2.75, 3.05) is 13.1 Å². The molecule has 1 fully saturated rings. The number of H-pyrrole nitrogens is 1. The van der Waals surface area contributed by atoms with Crippen molar-refractivity contribution in [1.82, 2.24) is 14.9 Å². The zero-order valence-electron chi connectivity index (χ0n) is 17.4. The van der Waals surface area contributed by atoms with Gasteiger partial charge in [-0.3, -0.25) is 4.57 Å². The Labute approximate surface area is 184 Å². The van der Waals surface area contributed by atoms with Crippen molar-refractivity contribution in [2.45, 2.75) is 19.1 Å². The Morgan fingerprint density at radius 3 is 2.84 bits per heavy atom. The number of imidazole rings is 1. The van der Waals surface area contributed by atoms with Crippen molar-refractivity contribution in [3.05, 3.63) is 99.2 Å². The lowest BCUT2D eigenvalue weighted by atomic mass is 9.92. The number of hydrogen-bond acceptors (Lipinski definition) is 3. The molecular formula is C26H22FN3O2. The van der Waals surface area contributed by atoms with E-state index in [1.807, 2.05) is 41.0 Å². The average Bonchev–Trinajstić information content (AvgIpc) is 3.39. The smallest absolute Gasteiger partial charge is 0.326 e. The molecule has 0 radical (unpaired) electrons. The highest BCUT2D eigenvalue weighted by Crippen LogP contribution is 2.38. The van der Waals surface area contributed by atoms with E-state index in [1.54, 1.807) is 6.07 Å². The molecule has 6 heteroatoms. The van der Waals surface area contributed by atoms with Crippen LogP contribution in [0, 0.1) is 5.82 Å². The minimum Gasteiger partial charge on any atom is -0.488 e. The van der Waals surface area contributed by atoms with Gasteiger partial charge in [0.2, 0.25) is 0 Å². The summed E-state index contributed by atoms with van der Waals surface area (Å²) in [5.74, 6) is 0.206. The standard InChI is InChI=1S/C26H22FN3O2/c27-18-6-7-21-22(20-4-2-1-3-17(20)15-32-25(21)13-18)11-16-5-8-24-23(12-16)29-26(31)30(24)19-9-10-28-14-19/h1-8,11-13,19,28H,9-10,14-15H2,(H,29,31)/b22-11+/t19-/m0/s1. The predicted molar refractivity (Wildman–Crippen MR) is 123 cm³/mol. The number of nitrogens with zero attached hydrogens (tertiary/aromatic N) is 1. The first-order valence-electron chi connectivity index (χ1n) is 10.8. The number of halogens is 1. The van der Waals surface area contributed by atoms with Gasteiger partial charge in [-0.2, -0.15) is 0 Å². The molecule has 0 saturated carbocycles. The minimum absolute atomic E-state index is 0.0764. The fraction of sp³-hybridized carbons (Fsp3) is 0.192. The second-order valence-electron chi connectivity index (χ2n) is 8.37. The zero-order valence-corrected chi connectivity index (χ0v) is 17.4. The third-order valence-electron chi connectivity index (χ3n) is 6.38. The van der Waals surface area contributed by atoms with Gasteiger partial charge in [0.15, 0.2) is 0 Å². The number of aromatic amines is 1. The molecule has 1 aromatic heterocycles. The van der Waals surface area contributed by atoms with Gasteiger partial charge in [-0.05, 0) is 65.6 Å². The van der Waals surface area contributed by atoms with E-state index >= 15 is 0 Å². The third kappa shape index (κ3) is 3.15. The van der Waals surface area contributed by atoms with Crippen LogP contribution in [-0.2, 0) is 6.61 Å². The molecule has 2 aliphatic heterocycles. The maximum Gasteiger partial charge on any atom is 0.326 e. The number of benzene rings is 3. The number of hydrogen-bond donors (Lipinski definition) is 2. The largest absolute Gasteiger partial charge is 0.488 e. The molecule has 3 heterocycles. The highest BCUT2D eigenvalue weighted by molar-refractivity contribution is 5.95. The molecule has 6 rings (SSSR count). The van der Waals surface area contributed by atoms with Gasteiger partial charge in [0, 0.05) is 18.2 Å². The highest BCUT2D eigenvalue weighted by atomic mass is 19.1. The summed E-state index contributed by atoms with van der Waals surface area (Å²) >= 11 is 0. The van der Waals surface area contributed by atoms with E-state index < -0.39 is 0 Å². The van der Waals surface area contributed by atoms with E-state index in [-0.39, 0.29) is 17.5 Å². The Hall–Kier alpha value is -3.64. The van der Waals surface area contributed by atoms with Crippen LogP contribution >= 0.6 is 0 Å². The van der Waals surface area contributed by atoms with Gasteiger partial charge in [-0.1, -0.05) is 30.3 Å². The molecule has 2 N–H and O–H groups in total. The molecule has 1 saturated heterocycles. The topological polar surface area (TPSA) is 59.1 Å². The van der Waals surface area contributed by atoms with Crippen LogP contribution in [0.15, 0.2) is 65.5 Å². The van der Waals surface area contributed by atoms with Crippen LogP contribution in [-0.4, -0.2) is 22.6 Å². The number of nitrogens with one attached hydrogen (secondary N) is 2. The molecule has 160 valence electrons. The number of ether oxygens (including phenoxy) is 1. The van der Waals surface area contributed by atoms with Gasteiger partial charge >= 0.3 is 5.69 Å². The molecule has 0 amide bonds. The molecule has 4 aromatic rings. The highest BCUT2D eigenvalue weighted by Gasteiger charge is 2.22. The van der Waals surface area contributed by atoms with Gasteiger partial charge in [-0.15, -0.1) is 0 Å². The molecule has 0 aliphatic carbocycles. The average molecular weight is 427 g/mol. The molecule has 0 unspecified atom stereocenters.